The standard InChI is InChI=1S/C50H59NO12.C2HF3O2/c1-35-9-17-39(18-10-35)27-47(54)58-31-43(32-59-48(55)28-40-19-11-36(2)12-20-40)62-45(52)7-5-25-51-26-6-8-46(53)63-44(33-60-49(56)29-41-21-13-37(3)14-22-41)34-61-50(57)30-42-23-15-38(4)16-24-42;3-2(4,5)1(6)7/h9-24,43-44,51H,5-8,25-34H2,1-4H3;(H,6,7). The van der Waals surface area contributed by atoms with Crippen molar-refractivity contribution in [3.05, 3.63) is 142 Å². The Bertz CT molecular complexity index is 2010. The molecule has 4 aromatic rings. The maximum Gasteiger partial charge on any atom is 0.430 e. The Morgan fingerprint density at radius 1 is 0.443 bits per heavy atom. The van der Waals surface area contributed by atoms with Gasteiger partial charge < -0.3 is 43.6 Å². The van der Waals surface area contributed by atoms with Gasteiger partial charge in [0.05, 0.1) is 51.6 Å². The molecule has 0 aliphatic carbocycles. The lowest BCUT2D eigenvalue weighted by Gasteiger charge is -2.18. The number of quaternary nitrogens is 1. The number of nitrogens with two attached hydrogens (primary N) is 1. The Morgan fingerprint density at radius 2 is 0.671 bits per heavy atom. The number of aryl methyl sites for hydroxylation is 4. The molecular weight excluding hydrogens is 920 g/mol. The summed E-state index contributed by atoms with van der Waals surface area (Å²) in [6.45, 7) is 7.82. The Kier molecular flexibility index (Phi) is 24.9. The lowest BCUT2D eigenvalue weighted by Crippen LogP contribution is -2.84. The second kappa shape index (κ2) is 30.4. The van der Waals surface area contributed by atoms with E-state index >= 15 is 0 Å². The van der Waals surface area contributed by atoms with Crippen LogP contribution in [0.15, 0.2) is 97.1 Å². The summed E-state index contributed by atoms with van der Waals surface area (Å²) >= 11 is 0. The maximum absolute atomic E-state index is 12.8. The van der Waals surface area contributed by atoms with Crippen LogP contribution in [0.3, 0.4) is 0 Å². The third-order valence-electron chi connectivity index (χ3n) is 10.0. The van der Waals surface area contributed by atoms with Crippen LogP contribution in [0.4, 0.5) is 13.2 Å². The van der Waals surface area contributed by atoms with E-state index in [0.29, 0.717) is 25.9 Å². The number of halogens is 3. The predicted molar refractivity (Wildman–Crippen MR) is 244 cm³/mol. The van der Waals surface area contributed by atoms with E-state index in [-0.39, 0.29) is 65.0 Å². The van der Waals surface area contributed by atoms with Crippen molar-refractivity contribution < 1.29 is 85.6 Å². The van der Waals surface area contributed by atoms with E-state index in [0.717, 1.165) is 44.5 Å². The van der Waals surface area contributed by atoms with E-state index in [2.05, 4.69) is 0 Å². The first kappa shape index (κ1) is 57.2. The molecule has 0 atom stereocenters. The third-order valence-corrected chi connectivity index (χ3v) is 10.0. The fraction of sp³-hybridized carbons (Fsp3) is 0.404. The minimum absolute atomic E-state index is 0.0388. The van der Waals surface area contributed by atoms with Crippen LogP contribution in [0, 0.1) is 27.7 Å². The van der Waals surface area contributed by atoms with Gasteiger partial charge in [0, 0.05) is 12.8 Å². The maximum atomic E-state index is 12.8. The quantitative estimate of drug-likeness (QED) is 0.0517. The monoisotopic (exact) mass is 979 g/mol. The van der Waals surface area contributed by atoms with Gasteiger partial charge in [-0.1, -0.05) is 119 Å². The molecule has 0 aliphatic rings. The average molecular weight is 980 g/mol. The summed E-state index contributed by atoms with van der Waals surface area (Å²) in [4.78, 5) is 84.8. The molecule has 70 heavy (non-hydrogen) atoms. The molecule has 0 unspecified atom stereocenters. The zero-order valence-electron chi connectivity index (χ0n) is 39.7. The summed E-state index contributed by atoms with van der Waals surface area (Å²) in [6, 6.07) is 29.9. The van der Waals surface area contributed by atoms with E-state index in [9.17, 15) is 41.9 Å². The van der Waals surface area contributed by atoms with E-state index < -0.39 is 60.2 Å². The van der Waals surface area contributed by atoms with Gasteiger partial charge in [-0.25, -0.2) is 0 Å². The number of rotatable bonds is 26. The highest BCUT2D eigenvalue weighted by atomic mass is 19.4. The summed E-state index contributed by atoms with van der Waals surface area (Å²) < 4.78 is 64.4. The van der Waals surface area contributed by atoms with Gasteiger partial charge in [-0.3, -0.25) is 28.8 Å². The van der Waals surface area contributed by atoms with Gasteiger partial charge in [-0.05, 0) is 49.9 Å². The summed E-state index contributed by atoms with van der Waals surface area (Å²) in [5.74, 6) is -6.10. The van der Waals surface area contributed by atoms with Gasteiger partial charge in [0.15, 0.2) is 12.2 Å². The van der Waals surface area contributed by atoms with Crippen LogP contribution >= 0.6 is 0 Å². The average Bonchev–Trinajstić information content (AvgIpc) is 3.30. The number of carboxylic acid groups (broad SMARTS) is 1. The molecule has 0 radical (unpaired) electrons. The van der Waals surface area contributed by atoms with Gasteiger partial charge in [0.2, 0.25) is 0 Å². The number of esters is 6. The summed E-state index contributed by atoms with van der Waals surface area (Å²) in [7, 11) is 0. The molecule has 4 rings (SSSR count). The number of hydrogen-bond donors (Lipinski definition) is 1. The van der Waals surface area contributed by atoms with Crippen LogP contribution in [-0.2, 0) is 87.7 Å². The second-order valence-corrected chi connectivity index (χ2v) is 16.5. The number of hydrogen-bond acceptors (Lipinski definition) is 14. The fourth-order valence-electron chi connectivity index (χ4n) is 6.09. The van der Waals surface area contributed by atoms with Crippen LogP contribution in [-0.4, -0.2) is 99.7 Å². The van der Waals surface area contributed by atoms with Crippen LogP contribution in [0.2, 0.25) is 0 Å². The number of aliphatic carboxylic acids is 1. The molecule has 0 saturated heterocycles. The molecule has 4 aromatic carbocycles. The van der Waals surface area contributed by atoms with E-state index in [1.54, 1.807) is 0 Å². The zero-order valence-corrected chi connectivity index (χ0v) is 39.7. The molecule has 15 nitrogen and oxygen atoms in total. The molecule has 378 valence electrons. The molecule has 0 amide bonds. The Balaban J connectivity index is 0.00000171. The highest BCUT2D eigenvalue weighted by molar-refractivity contribution is 5.75. The number of benzene rings is 4. The largest absolute Gasteiger partial charge is 0.542 e. The minimum Gasteiger partial charge on any atom is -0.542 e. The van der Waals surface area contributed by atoms with Crippen LogP contribution < -0.4 is 10.4 Å². The lowest BCUT2D eigenvalue weighted by molar-refractivity contribution is -0.655. The topological polar surface area (TPSA) is 215 Å². The third kappa shape index (κ3) is 25.3. The summed E-state index contributed by atoms with van der Waals surface area (Å²) in [5.41, 5.74) is 7.37. The molecule has 0 aromatic heterocycles. The Hall–Kier alpha value is -7.08. The summed E-state index contributed by atoms with van der Waals surface area (Å²) in [5, 5.41) is 10.7. The number of carbonyl (C=O) groups excluding carboxylic acids is 7. The molecule has 18 heteroatoms. The minimum atomic E-state index is -5.19. The van der Waals surface area contributed by atoms with Crippen molar-refractivity contribution in [3.63, 3.8) is 0 Å². The molecule has 0 bridgehead atoms. The second-order valence-electron chi connectivity index (χ2n) is 16.5. The van der Waals surface area contributed by atoms with Crippen LogP contribution in [0.5, 0.6) is 0 Å². The van der Waals surface area contributed by atoms with E-state index in [1.807, 2.05) is 130 Å². The highest BCUT2D eigenvalue weighted by Gasteiger charge is 2.29. The van der Waals surface area contributed by atoms with Crippen molar-refractivity contribution in [2.24, 2.45) is 0 Å². The molecule has 0 aliphatic heterocycles. The first-order chi connectivity index (χ1) is 33.2. The molecule has 0 spiro atoms. The lowest BCUT2D eigenvalue weighted by atomic mass is 10.1. The van der Waals surface area contributed by atoms with Crippen molar-refractivity contribution in [3.8, 4) is 0 Å². The van der Waals surface area contributed by atoms with Gasteiger partial charge >= 0.3 is 42.0 Å². The predicted octanol–water partition coefficient (Wildman–Crippen LogP) is 4.61. The molecule has 0 fully saturated rings. The summed E-state index contributed by atoms with van der Waals surface area (Å²) in [6.07, 6.45) is -5.97. The van der Waals surface area contributed by atoms with Crippen molar-refractivity contribution in [1.29, 1.82) is 0 Å². The van der Waals surface area contributed by atoms with Gasteiger partial charge in [0.1, 0.15) is 32.4 Å². The van der Waals surface area contributed by atoms with Crippen molar-refractivity contribution in [2.75, 3.05) is 39.5 Å². The van der Waals surface area contributed by atoms with Crippen LogP contribution in [0.25, 0.3) is 0 Å². The number of carboxylic acids is 1. The zero-order chi connectivity index (χ0) is 51.5. The van der Waals surface area contributed by atoms with Crippen molar-refractivity contribution in [2.45, 2.75) is 97.4 Å². The molecule has 2 N–H and O–H groups in total. The first-order valence-electron chi connectivity index (χ1n) is 22.6. The normalized spacial score (nSPS) is 10.9. The Morgan fingerprint density at radius 3 is 0.886 bits per heavy atom. The van der Waals surface area contributed by atoms with Crippen molar-refractivity contribution >= 4 is 41.8 Å². The van der Waals surface area contributed by atoms with Crippen LogP contribution in [0.1, 0.15) is 70.2 Å². The van der Waals surface area contributed by atoms with E-state index in [1.165, 1.54) is 0 Å². The van der Waals surface area contributed by atoms with E-state index in [4.69, 9.17) is 38.3 Å². The smallest absolute Gasteiger partial charge is 0.430 e. The van der Waals surface area contributed by atoms with Crippen molar-refractivity contribution in [1.82, 2.24) is 0 Å². The van der Waals surface area contributed by atoms with Gasteiger partial charge in [-0.2, -0.15) is 13.2 Å². The highest BCUT2D eigenvalue weighted by Crippen LogP contribution is 2.13. The van der Waals surface area contributed by atoms with Gasteiger partial charge in [0.25, 0.3) is 0 Å². The molecule has 0 heterocycles. The number of carbonyl (C=O) groups is 7. The Labute approximate surface area is 404 Å². The molecule has 0 saturated carbocycles. The van der Waals surface area contributed by atoms with Gasteiger partial charge in [-0.15, -0.1) is 0 Å². The number of ether oxygens (including phenoxy) is 6. The fourth-order valence-corrected chi connectivity index (χ4v) is 6.09. The first-order valence-corrected chi connectivity index (χ1v) is 22.6. The number of alkyl halides is 3. The molecular formula is C52H60F3NO14. The SMILES string of the molecule is Cc1ccc(CC(=O)OCC(COC(=O)Cc2ccc(C)cc2)OC(=O)CCC[NH2+]CCCC(=O)OC(COC(=O)Cc2ccc(C)cc2)COC(=O)Cc2ccc(C)cc2)cc1.O=C([O-])C(F)(F)F.